The molecule has 0 radical (unpaired) electrons. The fraction of sp³-hybridized carbons (Fsp3) is 0.333. The molecule has 10 heteroatoms. The van der Waals surface area contributed by atoms with Gasteiger partial charge in [-0.3, -0.25) is 9.59 Å². The Morgan fingerprint density at radius 2 is 1.88 bits per heavy atom. The molecule has 0 aliphatic rings. The minimum absolute atomic E-state index is 0.164. The van der Waals surface area contributed by atoms with Gasteiger partial charge in [0.25, 0.3) is 5.91 Å². The van der Waals surface area contributed by atoms with Crippen LogP contribution in [0.4, 0.5) is 5.69 Å². The summed E-state index contributed by atoms with van der Waals surface area (Å²) in [5, 5.41) is 14.5. The number of ether oxygens (including phenoxy) is 2. The predicted molar refractivity (Wildman–Crippen MR) is 131 cm³/mol. The largest absolute Gasteiger partial charge is 0.497 e. The van der Waals surface area contributed by atoms with Crippen LogP contribution in [0.25, 0.3) is 0 Å². The van der Waals surface area contributed by atoms with Gasteiger partial charge >= 0.3 is 0 Å². The van der Waals surface area contributed by atoms with Crippen molar-refractivity contribution in [2.75, 3.05) is 18.2 Å². The zero-order valence-corrected chi connectivity index (χ0v) is 20.5. The third-order valence-electron chi connectivity index (χ3n) is 5.05. The molecule has 1 atom stereocenters. The van der Waals surface area contributed by atoms with Gasteiger partial charge in [0.1, 0.15) is 11.5 Å². The van der Waals surface area contributed by atoms with Crippen LogP contribution < -0.4 is 20.1 Å². The molecule has 2 aromatic carbocycles. The van der Waals surface area contributed by atoms with Gasteiger partial charge in [-0.25, -0.2) is 0 Å². The number of amides is 2. The summed E-state index contributed by atoms with van der Waals surface area (Å²) in [5.74, 6) is 1.62. The van der Waals surface area contributed by atoms with Crippen LogP contribution in [0.5, 0.6) is 11.5 Å². The van der Waals surface area contributed by atoms with Crippen LogP contribution in [0.3, 0.4) is 0 Å². The molecule has 3 aromatic rings. The first-order valence-electron chi connectivity index (χ1n) is 10.9. The van der Waals surface area contributed by atoms with E-state index in [-0.39, 0.29) is 24.1 Å². The highest BCUT2D eigenvalue weighted by atomic mass is 32.2. The van der Waals surface area contributed by atoms with E-state index in [2.05, 4.69) is 27.8 Å². The van der Waals surface area contributed by atoms with Gasteiger partial charge in [0.15, 0.2) is 17.1 Å². The number of carbonyl (C=O) groups is 2. The van der Waals surface area contributed by atoms with Crippen molar-refractivity contribution in [1.82, 2.24) is 20.1 Å². The number of carbonyl (C=O) groups excluding carboxylic acids is 2. The van der Waals surface area contributed by atoms with Gasteiger partial charge in [-0.15, -0.1) is 10.2 Å². The third kappa shape index (κ3) is 6.98. The molecule has 0 spiro atoms. The first-order chi connectivity index (χ1) is 16.4. The molecule has 0 saturated heterocycles. The summed E-state index contributed by atoms with van der Waals surface area (Å²) in [6.45, 7) is 3.97. The van der Waals surface area contributed by atoms with E-state index >= 15 is 0 Å². The number of rotatable bonds is 11. The second-order valence-electron chi connectivity index (χ2n) is 7.50. The number of hydrogen-bond acceptors (Lipinski definition) is 7. The van der Waals surface area contributed by atoms with Crippen LogP contribution >= 0.6 is 11.8 Å². The van der Waals surface area contributed by atoms with E-state index in [1.54, 1.807) is 49.9 Å². The van der Waals surface area contributed by atoms with Crippen molar-refractivity contribution in [1.29, 1.82) is 0 Å². The first-order valence-corrected chi connectivity index (χ1v) is 11.9. The average molecular weight is 484 g/mol. The summed E-state index contributed by atoms with van der Waals surface area (Å²) < 4.78 is 12.6. The SMILES string of the molecule is CCc1ccc(O[C@@H](C)C(=O)NCc2nnc(SCC(=O)Nc3cccc(OC)c3)n2C)cc1. The standard InChI is InChI=1S/C24H29N5O4S/c1-5-17-9-11-19(12-10-17)33-16(2)23(31)25-14-21-27-28-24(29(21)3)34-15-22(30)26-18-7-6-8-20(13-18)32-4/h6-13,16H,5,14-15H2,1-4H3,(H,25,31)(H,26,30)/t16-/m0/s1. The smallest absolute Gasteiger partial charge is 0.261 e. The van der Waals surface area contributed by atoms with Gasteiger partial charge in [-0.05, 0) is 43.2 Å². The summed E-state index contributed by atoms with van der Waals surface area (Å²) in [5.41, 5.74) is 1.86. The molecule has 0 aliphatic heterocycles. The van der Waals surface area contributed by atoms with E-state index < -0.39 is 6.10 Å². The zero-order chi connectivity index (χ0) is 24.5. The van der Waals surface area contributed by atoms with E-state index in [0.717, 1.165) is 6.42 Å². The van der Waals surface area contributed by atoms with Crippen molar-refractivity contribution < 1.29 is 19.1 Å². The molecule has 180 valence electrons. The number of hydrogen-bond donors (Lipinski definition) is 2. The lowest BCUT2D eigenvalue weighted by molar-refractivity contribution is -0.127. The number of nitrogens with zero attached hydrogens (tertiary/aromatic N) is 3. The second kappa shape index (κ2) is 12.1. The number of anilines is 1. The highest BCUT2D eigenvalue weighted by Gasteiger charge is 2.17. The first kappa shape index (κ1) is 25.1. The van der Waals surface area contributed by atoms with Gasteiger partial charge in [-0.2, -0.15) is 0 Å². The molecule has 3 rings (SSSR count). The Bertz CT molecular complexity index is 1120. The Morgan fingerprint density at radius 1 is 1.12 bits per heavy atom. The summed E-state index contributed by atoms with van der Waals surface area (Å²) >= 11 is 1.26. The minimum Gasteiger partial charge on any atom is -0.497 e. The Labute approximate surface area is 203 Å². The lowest BCUT2D eigenvalue weighted by Crippen LogP contribution is -2.36. The second-order valence-corrected chi connectivity index (χ2v) is 8.44. The number of thioether (sulfide) groups is 1. The summed E-state index contributed by atoms with van der Waals surface area (Å²) in [7, 11) is 3.36. The Hall–Kier alpha value is -3.53. The van der Waals surface area contributed by atoms with E-state index in [4.69, 9.17) is 9.47 Å². The third-order valence-corrected chi connectivity index (χ3v) is 6.07. The molecular weight excluding hydrogens is 454 g/mol. The monoisotopic (exact) mass is 483 g/mol. The van der Waals surface area contributed by atoms with E-state index in [0.29, 0.717) is 28.2 Å². The Balaban J connectivity index is 1.46. The van der Waals surface area contributed by atoms with E-state index in [9.17, 15) is 9.59 Å². The van der Waals surface area contributed by atoms with Gasteiger partial charge < -0.3 is 24.7 Å². The number of aryl methyl sites for hydroxylation is 1. The molecule has 9 nitrogen and oxygen atoms in total. The molecule has 0 fully saturated rings. The lowest BCUT2D eigenvalue weighted by Gasteiger charge is -2.15. The number of nitrogens with one attached hydrogen (secondary N) is 2. The fourth-order valence-corrected chi connectivity index (χ4v) is 3.75. The highest BCUT2D eigenvalue weighted by molar-refractivity contribution is 7.99. The quantitative estimate of drug-likeness (QED) is 0.403. The molecule has 2 N–H and O–H groups in total. The van der Waals surface area contributed by atoms with Crippen molar-refractivity contribution >= 4 is 29.3 Å². The average Bonchev–Trinajstić information content (AvgIpc) is 3.20. The summed E-state index contributed by atoms with van der Waals surface area (Å²) in [4.78, 5) is 24.7. The topological polar surface area (TPSA) is 107 Å². The van der Waals surface area contributed by atoms with Crippen LogP contribution in [-0.2, 0) is 29.6 Å². The Morgan fingerprint density at radius 3 is 2.59 bits per heavy atom. The van der Waals surface area contributed by atoms with Gasteiger partial charge in [-0.1, -0.05) is 36.9 Å². The summed E-state index contributed by atoms with van der Waals surface area (Å²) in [6.07, 6.45) is 0.288. The van der Waals surface area contributed by atoms with Crippen LogP contribution in [0.15, 0.2) is 53.7 Å². The maximum Gasteiger partial charge on any atom is 0.261 e. The van der Waals surface area contributed by atoms with E-state index in [1.807, 2.05) is 24.3 Å². The fourth-order valence-electron chi connectivity index (χ4n) is 3.02. The van der Waals surface area contributed by atoms with E-state index in [1.165, 1.54) is 17.3 Å². The van der Waals surface area contributed by atoms with Gasteiger partial charge in [0.05, 0.1) is 19.4 Å². The molecule has 34 heavy (non-hydrogen) atoms. The van der Waals surface area contributed by atoms with Crippen molar-refractivity contribution in [3.63, 3.8) is 0 Å². The molecule has 0 bridgehead atoms. The van der Waals surface area contributed by atoms with Crippen molar-refractivity contribution in [2.45, 2.75) is 38.1 Å². The minimum atomic E-state index is -0.658. The molecule has 0 aliphatic carbocycles. The van der Waals surface area contributed by atoms with Gasteiger partial charge in [0.2, 0.25) is 5.91 Å². The van der Waals surface area contributed by atoms with Crippen LogP contribution in [0.1, 0.15) is 25.2 Å². The van der Waals surface area contributed by atoms with Crippen LogP contribution in [0, 0.1) is 0 Å². The predicted octanol–water partition coefficient (Wildman–Crippen LogP) is 3.20. The lowest BCUT2D eigenvalue weighted by atomic mass is 10.2. The summed E-state index contributed by atoms with van der Waals surface area (Å²) in [6, 6.07) is 14.8. The van der Waals surface area contributed by atoms with Crippen molar-refractivity contribution in [2.24, 2.45) is 7.05 Å². The van der Waals surface area contributed by atoms with Crippen molar-refractivity contribution in [3.8, 4) is 11.5 Å². The van der Waals surface area contributed by atoms with Crippen molar-refractivity contribution in [3.05, 3.63) is 59.9 Å². The van der Waals surface area contributed by atoms with Crippen LogP contribution in [0.2, 0.25) is 0 Å². The van der Waals surface area contributed by atoms with Gasteiger partial charge in [0, 0.05) is 18.8 Å². The zero-order valence-electron chi connectivity index (χ0n) is 19.7. The number of methoxy groups -OCH3 is 1. The normalized spacial score (nSPS) is 11.5. The molecule has 0 unspecified atom stereocenters. The maximum absolute atomic E-state index is 12.4. The highest BCUT2D eigenvalue weighted by Crippen LogP contribution is 2.19. The Kier molecular flexibility index (Phi) is 8.92. The number of benzene rings is 2. The molecule has 2 amide bonds. The number of aromatic nitrogens is 3. The molecule has 1 aromatic heterocycles. The molecular formula is C24H29N5O4S. The maximum atomic E-state index is 12.4. The molecule has 1 heterocycles. The molecule has 0 saturated carbocycles. The van der Waals surface area contributed by atoms with Crippen LogP contribution in [-0.4, -0.2) is 45.5 Å².